The zero-order chi connectivity index (χ0) is 41.8. The molecule has 2 heterocycles. The van der Waals surface area contributed by atoms with Crippen LogP contribution in [0.3, 0.4) is 0 Å². The molecule has 2 N–H and O–H groups in total. The Morgan fingerprint density at radius 1 is 0.533 bits per heavy atom. The molecule has 0 unspecified atom stereocenters. The van der Waals surface area contributed by atoms with Crippen molar-refractivity contribution >= 4 is 58.2 Å². The maximum absolute atomic E-state index is 12.4. The first-order valence-electron chi connectivity index (χ1n) is 22.0. The van der Waals surface area contributed by atoms with Gasteiger partial charge in [0.2, 0.25) is 23.6 Å². The van der Waals surface area contributed by atoms with Crippen LogP contribution in [0.2, 0.25) is 10.0 Å². The van der Waals surface area contributed by atoms with Gasteiger partial charge >= 0.3 is 0 Å². The molecule has 8 rings (SSSR count). The van der Waals surface area contributed by atoms with Gasteiger partial charge in [0.25, 0.3) is 0 Å². The second-order valence-corrected chi connectivity index (χ2v) is 18.2. The Kier molecular flexibility index (Phi) is 15.4. The van der Waals surface area contributed by atoms with E-state index in [1.165, 1.54) is 22.3 Å². The highest BCUT2D eigenvalue weighted by molar-refractivity contribution is 6.31. The van der Waals surface area contributed by atoms with Crippen molar-refractivity contribution in [1.82, 2.24) is 9.80 Å². The number of anilines is 2. The molecule has 2 saturated carbocycles. The maximum atomic E-state index is 12.4. The first-order chi connectivity index (χ1) is 29.1. The second-order valence-electron chi connectivity index (χ2n) is 17.3. The maximum Gasteiger partial charge on any atom is 0.224 e. The zero-order valence-electron chi connectivity index (χ0n) is 34.6. The topological polar surface area (TPSA) is 98.8 Å². The third kappa shape index (κ3) is 12.7. The van der Waals surface area contributed by atoms with Gasteiger partial charge in [0.1, 0.15) is 0 Å². The molecular formula is C50H58Cl2N4O4. The molecule has 4 aromatic carbocycles. The summed E-state index contributed by atoms with van der Waals surface area (Å²) in [5.41, 5.74) is 6.81. The van der Waals surface area contributed by atoms with Crippen LogP contribution in [0.4, 0.5) is 11.4 Å². The molecule has 4 aromatic rings. The lowest BCUT2D eigenvalue weighted by molar-refractivity contribution is -0.129. The molecule has 2 saturated heterocycles. The molecule has 2 aliphatic carbocycles. The number of hydrogen-bond acceptors (Lipinski definition) is 4. The highest BCUT2D eigenvalue weighted by atomic mass is 35.5. The summed E-state index contributed by atoms with van der Waals surface area (Å²) in [5.74, 6) is 2.70. The fourth-order valence-corrected chi connectivity index (χ4v) is 9.74. The van der Waals surface area contributed by atoms with Crippen molar-refractivity contribution in [2.24, 2.45) is 11.8 Å². The molecule has 0 radical (unpaired) electrons. The summed E-state index contributed by atoms with van der Waals surface area (Å²) in [4.78, 5) is 52.5. The molecule has 4 fully saturated rings. The largest absolute Gasteiger partial charge is 0.338 e. The number of rotatable bonds is 12. The summed E-state index contributed by atoms with van der Waals surface area (Å²) in [6.07, 6.45) is 13.3. The predicted molar refractivity (Wildman–Crippen MR) is 241 cm³/mol. The monoisotopic (exact) mass is 848 g/mol. The van der Waals surface area contributed by atoms with E-state index in [2.05, 4.69) is 59.2 Å². The van der Waals surface area contributed by atoms with Gasteiger partial charge in [0.05, 0.1) is 0 Å². The number of carbonyl (C=O) groups is 4. The zero-order valence-corrected chi connectivity index (χ0v) is 36.1. The quantitative estimate of drug-likeness (QED) is 0.148. The number of halogens is 2. The van der Waals surface area contributed by atoms with E-state index in [9.17, 15) is 19.2 Å². The normalized spacial score (nSPS) is 21.6. The van der Waals surface area contributed by atoms with E-state index >= 15 is 0 Å². The van der Waals surface area contributed by atoms with E-state index in [4.69, 9.17) is 23.2 Å². The van der Waals surface area contributed by atoms with Gasteiger partial charge in [-0.1, -0.05) is 71.7 Å². The van der Waals surface area contributed by atoms with Crippen LogP contribution in [0.5, 0.6) is 0 Å². The van der Waals surface area contributed by atoms with Crippen molar-refractivity contribution in [2.45, 2.75) is 115 Å². The lowest BCUT2D eigenvalue weighted by Gasteiger charge is -2.29. The van der Waals surface area contributed by atoms with E-state index < -0.39 is 0 Å². The first-order valence-corrected chi connectivity index (χ1v) is 22.7. The minimum atomic E-state index is 0.0815. The Morgan fingerprint density at radius 2 is 0.917 bits per heavy atom. The second kappa shape index (κ2) is 21.2. The Labute approximate surface area is 365 Å². The number of nitrogens with one attached hydrogen (secondary N) is 2. The molecule has 0 bridgehead atoms. The summed E-state index contributed by atoms with van der Waals surface area (Å²) in [6.45, 7) is 3.22. The summed E-state index contributed by atoms with van der Waals surface area (Å²) in [7, 11) is 0. The van der Waals surface area contributed by atoms with Crippen LogP contribution in [0.15, 0.2) is 97.1 Å². The summed E-state index contributed by atoms with van der Waals surface area (Å²) >= 11 is 11.8. The Balaban J connectivity index is 0.000000181. The molecule has 2 aliphatic heterocycles. The summed E-state index contributed by atoms with van der Waals surface area (Å²) < 4.78 is 0. The Morgan fingerprint density at radius 3 is 1.27 bits per heavy atom. The van der Waals surface area contributed by atoms with E-state index in [-0.39, 0.29) is 23.6 Å². The van der Waals surface area contributed by atoms with Gasteiger partial charge in [-0.25, -0.2) is 0 Å². The highest BCUT2D eigenvalue weighted by Crippen LogP contribution is 2.39. The van der Waals surface area contributed by atoms with Crippen molar-refractivity contribution in [1.29, 1.82) is 0 Å². The van der Waals surface area contributed by atoms with E-state index in [0.717, 1.165) is 102 Å². The van der Waals surface area contributed by atoms with Crippen molar-refractivity contribution < 1.29 is 19.2 Å². The van der Waals surface area contributed by atoms with Gasteiger partial charge in [-0.15, -0.1) is 0 Å². The minimum absolute atomic E-state index is 0.0815. The Bertz CT molecular complexity index is 1930. The van der Waals surface area contributed by atoms with Crippen molar-refractivity contribution in [3.05, 3.63) is 129 Å². The van der Waals surface area contributed by atoms with E-state index in [1.807, 2.05) is 34.1 Å². The number of amides is 4. The average molecular weight is 850 g/mol. The molecule has 10 heteroatoms. The number of benzene rings is 4. The van der Waals surface area contributed by atoms with Gasteiger partial charge in [0, 0.05) is 73.3 Å². The van der Waals surface area contributed by atoms with Crippen LogP contribution in [-0.4, -0.2) is 46.5 Å². The number of carbonyl (C=O) groups excluding carboxylic acids is 4. The van der Waals surface area contributed by atoms with Gasteiger partial charge in [-0.2, -0.15) is 0 Å². The molecule has 4 amide bonds. The van der Waals surface area contributed by atoms with Gasteiger partial charge in [0.15, 0.2) is 0 Å². The molecule has 316 valence electrons. The molecule has 4 aliphatic rings. The average Bonchev–Trinajstić information content (AvgIpc) is 3.86. The molecule has 60 heavy (non-hydrogen) atoms. The van der Waals surface area contributed by atoms with Crippen molar-refractivity contribution in [3.8, 4) is 0 Å². The van der Waals surface area contributed by atoms with E-state index in [1.54, 1.807) is 24.3 Å². The fourth-order valence-electron chi connectivity index (χ4n) is 9.49. The fraction of sp³-hybridized carbons (Fsp3) is 0.440. The summed E-state index contributed by atoms with van der Waals surface area (Å²) in [6, 6.07) is 32.0. The van der Waals surface area contributed by atoms with Gasteiger partial charge in [-0.05, 0) is 159 Å². The van der Waals surface area contributed by atoms with Crippen LogP contribution < -0.4 is 10.6 Å². The van der Waals surface area contributed by atoms with Crippen LogP contribution in [0.25, 0.3) is 0 Å². The minimum Gasteiger partial charge on any atom is -0.338 e. The smallest absolute Gasteiger partial charge is 0.224 e. The standard InChI is InChI=1S/2C25H29ClN2O2/c2*26-22-10-12-23(13-11-22)27-24(29)16-18-6-8-20(9-7-18)21-4-1-3-19(15-21)17-28-14-2-5-25(28)30/h2*1,3-4,10-13,15,18,20H,2,5-9,14,16-17H2,(H,27,29). The van der Waals surface area contributed by atoms with Crippen molar-refractivity contribution in [3.63, 3.8) is 0 Å². The number of hydrogen-bond donors (Lipinski definition) is 2. The molecule has 8 nitrogen and oxygen atoms in total. The van der Waals surface area contributed by atoms with Crippen LogP contribution in [-0.2, 0) is 32.3 Å². The third-order valence-corrected chi connectivity index (χ3v) is 13.3. The first kappa shape index (κ1) is 43.4. The number of nitrogens with zero attached hydrogens (tertiary/aromatic N) is 2. The summed E-state index contributed by atoms with van der Waals surface area (Å²) in [5, 5.41) is 7.29. The molecule has 0 atom stereocenters. The van der Waals surface area contributed by atoms with Crippen LogP contribution in [0.1, 0.15) is 124 Å². The van der Waals surface area contributed by atoms with Crippen LogP contribution in [0, 0.1) is 11.8 Å². The number of likely N-dealkylation sites (tertiary alicyclic amines) is 2. The Hall–Kier alpha value is -4.66. The van der Waals surface area contributed by atoms with E-state index in [0.29, 0.717) is 59.4 Å². The third-order valence-electron chi connectivity index (χ3n) is 12.8. The van der Waals surface area contributed by atoms with Gasteiger partial charge in [-0.3, -0.25) is 19.2 Å². The molecule has 0 spiro atoms. The lowest BCUT2D eigenvalue weighted by atomic mass is 9.77. The molecule has 0 aromatic heterocycles. The highest BCUT2D eigenvalue weighted by Gasteiger charge is 2.27. The van der Waals surface area contributed by atoms with Crippen molar-refractivity contribution in [2.75, 3.05) is 23.7 Å². The molecular weight excluding hydrogens is 791 g/mol. The SMILES string of the molecule is O=C(CC1CCC(c2cccc(CN3CCCC3=O)c2)CC1)Nc1ccc(Cl)cc1.O=C(CC1CCC(c2cccc(CN3CCCC3=O)c2)CC1)Nc1ccc(Cl)cc1. The lowest BCUT2D eigenvalue weighted by Crippen LogP contribution is -2.24. The van der Waals surface area contributed by atoms with Crippen LogP contribution >= 0.6 is 23.2 Å². The van der Waals surface area contributed by atoms with Gasteiger partial charge < -0.3 is 20.4 Å². The predicted octanol–water partition coefficient (Wildman–Crippen LogP) is 11.5.